The number of carbonyl (C=O) groups excluding carboxylic acids is 3. The molecule has 0 bridgehead atoms. The van der Waals surface area contributed by atoms with E-state index in [1.54, 1.807) is 40.1 Å². The maximum absolute atomic E-state index is 12.7. The van der Waals surface area contributed by atoms with Gasteiger partial charge in [-0.15, -0.1) is 11.3 Å². The minimum atomic E-state index is -0.636. The molecule has 10 heteroatoms. The third kappa shape index (κ3) is 4.84. The molecule has 2 aliphatic heterocycles. The summed E-state index contributed by atoms with van der Waals surface area (Å²) in [6, 6.07) is 8.64. The molecule has 1 aromatic heterocycles. The number of carbonyl (C=O) groups is 3. The number of likely N-dealkylation sites (tertiary alicyclic amines) is 1. The number of morpholine rings is 1. The summed E-state index contributed by atoms with van der Waals surface area (Å²) in [5, 5.41) is 2.71. The summed E-state index contributed by atoms with van der Waals surface area (Å²) in [5.41, 5.74) is 2.18. The molecule has 0 spiro atoms. The summed E-state index contributed by atoms with van der Waals surface area (Å²) >= 11 is 7.13. The molecule has 8 nitrogen and oxygen atoms in total. The molecule has 3 amide bonds. The van der Waals surface area contributed by atoms with Crippen LogP contribution in [0.2, 0.25) is 4.34 Å². The predicted octanol–water partition coefficient (Wildman–Crippen LogP) is 3.88. The summed E-state index contributed by atoms with van der Waals surface area (Å²) in [7, 11) is 0. The summed E-state index contributed by atoms with van der Waals surface area (Å²) in [6.07, 6.45) is 0.0720. The Morgan fingerprint density at radius 1 is 1.26 bits per heavy atom. The number of anilines is 2. The second-order valence-corrected chi connectivity index (χ2v) is 9.04. The van der Waals surface area contributed by atoms with Crippen molar-refractivity contribution in [3.05, 3.63) is 45.1 Å². The standard InChI is InChI=1S/C21H22ClN3O5S/c1-13-11-14(4-5-15(13)24-9-10-29-12-18(24)26)23-21(28)30-19-3-2-8-25(19)20(27)16-6-7-17(22)31-16/h4-7,11,19H,2-3,8-10,12H2,1H3,(H,23,28)/t19-/m1/s1. The Kier molecular flexibility index (Phi) is 6.45. The Morgan fingerprint density at radius 2 is 2.10 bits per heavy atom. The first-order valence-electron chi connectivity index (χ1n) is 9.95. The van der Waals surface area contributed by atoms with Gasteiger partial charge < -0.3 is 19.3 Å². The predicted molar refractivity (Wildman–Crippen MR) is 118 cm³/mol. The number of thiophene rings is 1. The van der Waals surface area contributed by atoms with E-state index in [1.165, 1.54) is 11.3 Å². The lowest BCUT2D eigenvalue weighted by molar-refractivity contribution is -0.125. The number of amides is 3. The fraction of sp³-hybridized carbons (Fsp3) is 0.381. The normalized spacial score (nSPS) is 18.9. The van der Waals surface area contributed by atoms with Crippen LogP contribution < -0.4 is 10.2 Å². The van der Waals surface area contributed by atoms with Crippen LogP contribution in [-0.4, -0.2) is 55.3 Å². The molecule has 4 rings (SSSR count). The summed E-state index contributed by atoms with van der Waals surface area (Å²) < 4.78 is 11.2. The summed E-state index contributed by atoms with van der Waals surface area (Å²) in [5.74, 6) is -0.282. The average molecular weight is 464 g/mol. The van der Waals surface area contributed by atoms with Crippen molar-refractivity contribution in [1.82, 2.24) is 4.90 Å². The summed E-state index contributed by atoms with van der Waals surface area (Å²) in [4.78, 5) is 41.0. The molecule has 3 heterocycles. The SMILES string of the molecule is Cc1cc(NC(=O)O[C@@H]2CCCN2C(=O)c2ccc(Cl)s2)ccc1N1CCOCC1=O. The second-order valence-electron chi connectivity index (χ2n) is 7.33. The highest BCUT2D eigenvalue weighted by Gasteiger charge is 2.33. The van der Waals surface area contributed by atoms with E-state index in [1.807, 2.05) is 6.92 Å². The number of rotatable bonds is 4. The van der Waals surface area contributed by atoms with E-state index < -0.39 is 12.3 Å². The Hall–Kier alpha value is -2.62. The highest BCUT2D eigenvalue weighted by Crippen LogP contribution is 2.28. The first-order valence-corrected chi connectivity index (χ1v) is 11.1. The van der Waals surface area contributed by atoms with Crippen LogP contribution in [0.1, 0.15) is 28.1 Å². The Morgan fingerprint density at radius 3 is 2.81 bits per heavy atom. The minimum absolute atomic E-state index is 0.0695. The van der Waals surface area contributed by atoms with Crippen molar-refractivity contribution in [1.29, 1.82) is 0 Å². The van der Waals surface area contributed by atoms with Crippen molar-refractivity contribution in [2.45, 2.75) is 26.0 Å². The van der Waals surface area contributed by atoms with E-state index in [0.717, 1.165) is 17.7 Å². The van der Waals surface area contributed by atoms with Gasteiger partial charge in [0, 0.05) is 30.9 Å². The average Bonchev–Trinajstić information content (AvgIpc) is 3.37. The molecule has 2 aliphatic rings. The van der Waals surface area contributed by atoms with Crippen LogP contribution >= 0.6 is 22.9 Å². The number of aryl methyl sites for hydroxylation is 1. The third-order valence-corrected chi connectivity index (χ3v) is 6.42. The molecular weight excluding hydrogens is 442 g/mol. The molecule has 0 saturated carbocycles. The first kappa shape index (κ1) is 21.6. The van der Waals surface area contributed by atoms with Crippen molar-refractivity contribution in [3.63, 3.8) is 0 Å². The van der Waals surface area contributed by atoms with Gasteiger partial charge in [0.2, 0.25) is 0 Å². The number of nitrogens with one attached hydrogen (secondary N) is 1. The molecule has 0 aliphatic carbocycles. The summed E-state index contributed by atoms with van der Waals surface area (Å²) in [6.45, 7) is 3.45. The van der Waals surface area contributed by atoms with E-state index >= 15 is 0 Å². The highest BCUT2D eigenvalue weighted by molar-refractivity contribution is 7.17. The van der Waals surface area contributed by atoms with Gasteiger partial charge in [-0.05, 0) is 49.2 Å². The lowest BCUT2D eigenvalue weighted by Gasteiger charge is -2.28. The van der Waals surface area contributed by atoms with E-state index in [4.69, 9.17) is 21.1 Å². The molecular formula is C21H22ClN3O5S. The molecule has 1 atom stereocenters. The van der Waals surface area contributed by atoms with E-state index in [0.29, 0.717) is 41.0 Å². The van der Waals surface area contributed by atoms with Gasteiger partial charge in [0.05, 0.1) is 15.8 Å². The van der Waals surface area contributed by atoms with Gasteiger partial charge in [-0.3, -0.25) is 14.9 Å². The van der Waals surface area contributed by atoms with Crippen LogP contribution in [0.15, 0.2) is 30.3 Å². The van der Waals surface area contributed by atoms with Gasteiger partial charge in [0.1, 0.15) is 6.61 Å². The zero-order valence-electron chi connectivity index (χ0n) is 16.9. The number of hydrogen-bond acceptors (Lipinski definition) is 6. The molecule has 0 unspecified atom stereocenters. The number of halogens is 1. The Bertz CT molecular complexity index is 1010. The molecule has 1 N–H and O–H groups in total. The van der Waals surface area contributed by atoms with Gasteiger partial charge >= 0.3 is 6.09 Å². The Balaban J connectivity index is 1.38. The molecule has 2 fully saturated rings. The smallest absolute Gasteiger partial charge is 0.413 e. The fourth-order valence-electron chi connectivity index (χ4n) is 3.74. The highest BCUT2D eigenvalue weighted by atomic mass is 35.5. The molecule has 164 valence electrons. The van der Waals surface area contributed by atoms with Gasteiger partial charge in [0.25, 0.3) is 11.8 Å². The molecule has 2 aromatic rings. The van der Waals surface area contributed by atoms with E-state index in [2.05, 4.69) is 5.32 Å². The van der Waals surface area contributed by atoms with Gasteiger partial charge in [0.15, 0.2) is 6.23 Å². The monoisotopic (exact) mass is 463 g/mol. The van der Waals surface area contributed by atoms with Gasteiger partial charge in [-0.1, -0.05) is 11.6 Å². The van der Waals surface area contributed by atoms with Crippen molar-refractivity contribution in [2.24, 2.45) is 0 Å². The lowest BCUT2D eigenvalue weighted by Crippen LogP contribution is -2.42. The van der Waals surface area contributed by atoms with Crippen LogP contribution in [0.25, 0.3) is 0 Å². The lowest BCUT2D eigenvalue weighted by atomic mass is 10.1. The van der Waals surface area contributed by atoms with Crippen molar-refractivity contribution in [3.8, 4) is 0 Å². The van der Waals surface area contributed by atoms with Crippen LogP contribution in [0.5, 0.6) is 0 Å². The first-order chi connectivity index (χ1) is 14.9. The van der Waals surface area contributed by atoms with Crippen molar-refractivity contribution in [2.75, 3.05) is 36.5 Å². The number of nitrogens with zero attached hydrogens (tertiary/aromatic N) is 2. The van der Waals surface area contributed by atoms with E-state index in [-0.39, 0.29) is 18.4 Å². The van der Waals surface area contributed by atoms with Gasteiger partial charge in [-0.25, -0.2) is 4.79 Å². The number of hydrogen-bond donors (Lipinski definition) is 1. The fourth-order valence-corrected chi connectivity index (χ4v) is 4.74. The molecule has 2 saturated heterocycles. The Labute approximate surface area is 188 Å². The zero-order chi connectivity index (χ0) is 22.0. The van der Waals surface area contributed by atoms with Crippen LogP contribution in [0, 0.1) is 6.92 Å². The van der Waals surface area contributed by atoms with Gasteiger partial charge in [-0.2, -0.15) is 0 Å². The minimum Gasteiger partial charge on any atom is -0.425 e. The van der Waals surface area contributed by atoms with Crippen LogP contribution in [0.4, 0.5) is 16.2 Å². The molecule has 31 heavy (non-hydrogen) atoms. The maximum Gasteiger partial charge on any atom is 0.413 e. The zero-order valence-corrected chi connectivity index (χ0v) is 18.5. The maximum atomic E-state index is 12.7. The third-order valence-electron chi connectivity index (χ3n) is 5.21. The van der Waals surface area contributed by atoms with Crippen molar-refractivity contribution >= 4 is 52.2 Å². The quantitative estimate of drug-likeness (QED) is 0.743. The van der Waals surface area contributed by atoms with E-state index in [9.17, 15) is 14.4 Å². The second kappa shape index (κ2) is 9.25. The topological polar surface area (TPSA) is 88.2 Å². The largest absolute Gasteiger partial charge is 0.425 e. The number of ether oxygens (including phenoxy) is 2. The molecule has 1 aromatic carbocycles. The van der Waals surface area contributed by atoms with Crippen LogP contribution in [-0.2, 0) is 14.3 Å². The van der Waals surface area contributed by atoms with Crippen LogP contribution in [0.3, 0.4) is 0 Å². The number of benzene rings is 1. The van der Waals surface area contributed by atoms with Crippen molar-refractivity contribution < 1.29 is 23.9 Å². The molecule has 0 radical (unpaired) electrons.